The van der Waals surface area contributed by atoms with Crippen LogP contribution in [0.2, 0.25) is 0 Å². The van der Waals surface area contributed by atoms with E-state index in [1.807, 2.05) is 37.2 Å². The highest BCUT2D eigenvalue weighted by molar-refractivity contribution is 5.94. The Kier molecular flexibility index (Phi) is 8.68. The van der Waals surface area contributed by atoms with Gasteiger partial charge in [0.05, 0.1) is 14.2 Å². The Labute approximate surface area is 126 Å². The molecule has 1 aromatic rings. The molecule has 0 bridgehead atoms. The second-order valence-corrected chi connectivity index (χ2v) is 4.44. The van der Waals surface area contributed by atoms with E-state index in [1.165, 1.54) is 0 Å². The van der Waals surface area contributed by atoms with E-state index < -0.39 is 0 Å². The summed E-state index contributed by atoms with van der Waals surface area (Å²) in [7, 11) is 7.07. The maximum atomic E-state index is 11.7. The lowest BCUT2D eigenvalue weighted by Gasteiger charge is -2.10. The predicted molar refractivity (Wildman–Crippen MR) is 84.0 cm³/mol. The molecule has 1 aromatic carbocycles. The molecule has 5 heteroatoms. The van der Waals surface area contributed by atoms with E-state index in [9.17, 15) is 4.79 Å². The molecular formula is C15H22ClNO3. The van der Waals surface area contributed by atoms with Crippen LogP contribution in [0.1, 0.15) is 12.0 Å². The van der Waals surface area contributed by atoms with Crippen LogP contribution in [0.4, 0.5) is 0 Å². The Hall–Kier alpha value is -1.52. The average molecular weight is 300 g/mol. The molecule has 1 rings (SSSR count). The minimum atomic E-state index is 0. The molecule has 0 N–H and O–H groups in total. The van der Waals surface area contributed by atoms with Crippen molar-refractivity contribution in [2.45, 2.75) is 6.42 Å². The normalized spacial score (nSPS) is 10.4. The van der Waals surface area contributed by atoms with E-state index in [4.69, 9.17) is 9.47 Å². The van der Waals surface area contributed by atoms with Gasteiger partial charge in [0.1, 0.15) is 0 Å². The zero-order chi connectivity index (χ0) is 14.3. The fourth-order valence-corrected chi connectivity index (χ4v) is 1.64. The lowest BCUT2D eigenvalue weighted by atomic mass is 10.1. The van der Waals surface area contributed by atoms with Gasteiger partial charge in [0.2, 0.25) is 0 Å². The maximum absolute atomic E-state index is 11.7. The summed E-state index contributed by atoms with van der Waals surface area (Å²) in [6.07, 6.45) is 3.86. The van der Waals surface area contributed by atoms with E-state index >= 15 is 0 Å². The number of carbonyl (C=O) groups is 1. The van der Waals surface area contributed by atoms with Crippen LogP contribution in [-0.2, 0) is 4.79 Å². The maximum Gasteiger partial charge on any atom is 0.167 e. The zero-order valence-electron chi connectivity index (χ0n) is 12.4. The van der Waals surface area contributed by atoms with Crippen molar-refractivity contribution in [3.05, 3.63) is 29.8 Å². The van der Waals surface area contributed by atoms with Gasteiger partial charge in [0.15, 0.2) is 17.3 Å². The number of ether oxygens (including phenoxy) is 2. The lowest BCUT2D eigenvalue weighted by molar-refractivity contribution is -0.114. The van der Waals surface area contributed by atoms with Gasteiger partial charge in [-0.1, -0.05) is 12.1 Å². The molecule has 0 radical (unpaired) electrons. The van der Waals surface area contributed by atoms with Gasteiger partial charge in [-0.05, 0) is 32.3 Å². The summed E-state index contributed by atoms with van der Waals surface area (Å²) in [6.45, 7) is 0.748. The number of benzene rings is 1. The first-order chi connectivity index (χ1) is 9.08. The van der Waals surface area contributed by atoms with Crippen molar-refractivity contribution in [3.8, 4) is 11.5 Å². The monoisotopic (exact) mass is 299 g/mol. The molecule has 0 atom stereocenters. The van der Waals surface area contributed by atoms with Gasteiger partial charge in [-0.3, -0.25) is 4.79 Å². The second kappa shape index (κ2) is 9.39. The minimum absolute atomic E-state index is 0. The first kappa shape index (κ1) is 18.5. The first-order valence-electron chi connectivity index (χ1n) is 6.15. The van der Waals surface area contributed by atoms with E-state index in [-0.39, 0.29) is 18.2 Å². The van der Waals surface area contributed by atoms with Gasteiger partial charge in [-0.15, -0.1) is 12.4 Å². The fraction of sp³-hybridized carbons (Fsp3) is 0.400. The van der Waals surface area contributed by atoms with E-state index in [1.54, 1.807) is 26.4 Å². The molecule has 0 fully saturated rings. The van der Waals surface area contributed by atoms with Crippen LogP contribution in [0.5, 0.6) is 11.5 Å². The van der Waals surface area contributed by atoms with Crippen molar-refractivity contribution in [2.75, 3.05) is 34.9 Å². The van der Waals surface area contributed by atoms with Crippen LogP contribution in [-0.4, -0.2) is 45.5 Å². The van der Waals surface area contributed by atoms with Crippen molar-refractivity contribution in [1.29, 1.82) is 0 Å². The van der Waals surface area contributed by atoms with E-state index in [2.05, 4.69) is 0 Å². The smallest absolute Gasteiger partial charge is 0.167 e. The van der Waals surface area contributed by atoms with Crippen molar-refractivity contribution in [3.63, 3.8) is 0 Å². The number of para-hydroxylation sites is 1. The third-order valence-corrected chi connectivity index (χ3v) is 2.69. The summed E-state index contributed by atoms with van der Waals surface area (Å²) in [5, 5.41) is 0. The lowest BCUT2D eigenvalue weighted by Crippen LogP contribution is -2.15. The molecule has 0 saturated heterocycles. The Balaban J connectivity index is 0.00000361. The fourth-order valence-electron chi connectivity index (χ4n) is 1.64. The van der Waals surface area contributed by atoms with Gasteiger partial charge < -0.3 is 14.4 Å². The van der Waals surface area contributed by atoms with Crippen LogP contribution in [0.3, 0.4) is 0 Å². The molecule has 0 aliphatic rings. The summed E-state index contributed by atoms with van der Waals surface area (Å²) in [5.74, 6) is 1.39. The Morgan fingerprint density at radius 3 is 2.50 bits per heavy atom. The molecule has 0 aliphatic heterocycles. The molecular weight excluding hydrogens is 278 g/mol. The summed E-state index contributed by atoms with van der Waals surface area (Å²) in [4.78, 5) is 13.7. The molecule has 0 aliphatic carbocycles. The van der Waals surface area contributed by atoms with Crippen molar-refractivity contribution >= 4 is 24.3 Å². The quantitative estimate of drug-likeness (QED) is 0.726. The molecule has 0 spiro atoms. The zero-order valence-corrected chi connectivity index (χ0v) is 13.2. The molecule has 20 heavy (non-hydrogen) atoms. The van der Waals surface area contributed by atoms with E-state index in [0.717, 1.165) is 12.1 Å². The predicted octanol–water partition coefficient (Wildman–Crippen LogP) is 2.66. The number of methoxy groups -OCH3 is 2. The largest absolute Gasteiger partial charge is 0.493 e. The third kappa shape index (κ3) is 5.63. The highest BCUT2D eigenvalue weighted by Crippen LogP contribution is 2.31. The first-order valence-corrected chi connectivity index (χ1v) is 6.15. The number of hydrogen-bond acceptors (Lipinski definition) is 4. The minimum Gasteiger partial charge on any atom is -0.493 e. The Morgan fingerprint density at radius 2 is 1.95 bits per heavy atom. The molecule has 112 valence electrons. The van der Waals surface area contributed by atoms with Crippen molar-refractivity contribution < 1.29 is 14.3 Å². The van der Waals surface area contributed by atoms with Gasteiger partial charge in [0, 0.05) is 18.5 Å². The summed E-state index contributed by atoms with van der Waals surface area (Å²) < 4.78 is 10.5. The molecule has 0 amide bonds. The van der Waals surface area contributed by atoms with Crippen LogP contribution in [0.25, 0.3) is 6.08 Å². The van der Waals surface area contributed by atoms with Crippen LogP contribution < -0.4 is 9.47 Å². The molecule has 4 nitrogen and oxygen atoms in total. The number of carbonyl (C=O) groups excluding carboxylic acids is 1. The van der Waals surface area contributed by atoms with Crippen molar-refractivity contribution in [2.24, 2.45) is 0 Å². The summed E-state index contributed by atoms with van der Waals surface area (Å²) in [5.41, 5.74) is 0.833. The van der Waals surface area contributed by atoms with Gasteiger partial charge >= 0.3 is 0 Å². The number of allylic oxidation sites excluding steroid dienone is 1. The number of rotatable bonds is 7. The third-order valence-electron chi connectivity index (χ3n) is 2.69. The second-order valence-electron chi connectivity index (χ2n) is 4.44. The average Bonchev–Trinajstić information content (AvgIpc) is 2.42. The van der Waals surface area contributed by atoms with Gasteiger partial charge in [-0.2, -0.15) is 0 Å². The Bertz CT molecular complexity index is 458. The molecule has 0 heterocycles. The topological polar surface area (TPSA) is 38.8 Å². The van der Waals surface area contributed by atoms with Crippen molar-refractivity contribution in [1.82, 2.24) is 4.90 Å². The highest BCUT2D eigenvalue weighted by atomic mass is 35.5. The van der Waals surface area contributed by atoms with Gasteiger partial charge in [0.25, 0.3) is 0 Å². The van der Waals surface area contributed by atoms with Crippen LogP contribution in [0.15, 0.2) is 24.3 Å². The number of nitrogens with zero attached hydrogens (tertiary/aromatic N) is 1. The number of ketones is 1. The number of halogens is 1. The molecule has 0 aromatic heterocycles. The van der Waals surface area contributed by atoms with Crippen LogP contribution in [0, 0.1) is 0 Å². The Morgan fingerprint density at radius 1 is 1.25 bits per heavy atom. The molecule has 0 unspecified atom stereocenters. The summed E-state index contributed by atoms with van der Waals surface area (Å²) >= 11 is 0. The van der Waals surface area contributed by atoms with Gasteiger partial charge in [-0.25, -0.2) is 0 Å². The van der Waals surface area contributed by atoms with E-state index in [0.29, 0.717) is 17.9 Å². The standard InChI is InChI=1S/C15H21NO3.ClH/c1-16(2)11-10-13(17)9-8-12-6-5-7-14(18-3)15(12)19-4;/h5-9H,10-11H2,1-4H3;1H/b9-8+;. The SMILES string of the molecule is COc1cccc(/C=C/C(=O)CCN(C)C)c1OC.Cl. The van der Waals surface area contributed by atoms with Crippen LogP contribution >= 0.6 is 12.4 Å². The summed E-state index contributed by atoms with van der Waals surface area (Å²) in [6, 6.07) is 5.58. The number of hydrogen-bond donors (Lipinski definition) is 0. The highest BCUT2D eigenvalue weighted by Gasteiger charge is 2.07. The molecule has 0 saturated carbocycles.